The summed E-state index contributed by atoms with van der Waals surface area (Å²) in [6.45, 7) is 2.84. The lowest BCUT2D eigenvalue weighted by molar-refractivity contribution is 0.414. The van der Waals surface area contributed by atoms with Gasteiger partial charge in [0.15, 0.2) is 0 Å². The van der Waals surface area contributed by atoms with Crippen molar-refractivity contribution >= 4 is 16.7 Å². The van der Waals surface area contributed by atoms with Crippen LogP contribution in [0.3, 0.4) is 0 Å². The summed E-state index contributed by atoms with van der Waals surface area (Å²) in [5.74, 6) is 2.64. The summed E-state index contributed by atoms with van der Waals surface area (Å²) >= 11 is 0. The van der Waals surface area contributed by atoms with Crippen molar-refractivity contribution < 1.29 is 4.74 Å². The fourth-order valence-corrected chi connectivity index (χ4v) is 2.56. The van der Waals surface area contributed by atoms with Crippen LogP contribution in [0.4, 0.5) is 5.82 Å². The van der Waals surface area contributed by atoms with Crippen LogP contribution < -0.4 is 10.1 Å². The molecule has 0 aliphatic carbocycles. The monoisotopic (exact) mass is 307 g/mol. The van der Waals surface area contributed by atoms with Crippen molar-refractivity contribution in [2.75, 3.05) is 12.4 Å². The predicted octanol–water partition coefficient (Wildman–Crippen LogP) is 4.20. The molecular weight excluding hydrogens is 286 g/mol. The average molecular weight is 307 g/mol. The molecule has 3 rings (SSSR count). The first kappa shape index (κ1) is 15.3. The molecule has 0 atom stereocenters. The van der Waals surface area contributed by atoms with Gasteiger partial charge in [-0.25, -0.2) is 9.97 Å². The summed E-state index contributed by atoms with van der Waals surface area (Å²) in [6.07, 6.45) is 1.92. The molecule has 0 aliphatic heterocycles. The molecule has 1 heterocycles. The van der Waals surface area contributed by atoms with Crippen molar-refractivity contribution in [3.05, 3.63) is 59.9 Å². The molecule has 0 saturated carbocycles. The molecule has 0 saturated heterocycles. The lowest BCUT2D eigenvalue weighted by Gasteiger charge is -2.11. The minimum Gasteiger partial charge on any atom is -0.497 e. The van der Waals surface area contributed by atoms with Gasteiger partial charge in [-0.1, -0.05) is 31.2 Å². The third kappa shape index (κ3) is 3.59. The molecule has 4 nitrogen and oxygen atoms in total. The van der Waals surface area contributed by atoms with Gasteiger partial charge in [0, 0.05) is 18.4 Å². The Labute approximate surface area is 136 Å². The van der Waals surface area contributed by atoms with E-state index in [2.05, 4.69) is 29.4 Å². The van der Waals surface area contributed by atoms with E-state index in [0.717, 1.165) is 46.7 Å². The highest BCUT2D eigenvalue weighted by molar-refractivity contribution is 5.88. The van der Waals surface area contributed by atoms with Crippen LogP contribution in [0.2, 0.25) is 0 Å². The van der Waals surface area contributed by atoms with Crippen molar-refractivity contribution in [1.82, 2.24) is 9.97 Å². The Morgan fingerprint density at radius 2 is 1.91 bits per heavy atom. The highest BCUT2D eigenvalue weighted by Crippen LogP contribution is 2.22. The molecule has 0 aliphatic rings. The molecule has 0 bridgehead atoms. The molecule has 0 amide bonds. The maximum Gasteiger partial charge on any atom is 0.137 e. The molecule has 0 fully saturated rings. The summed E-state index contributed by atoms with van der Waals surface area (Å²) < 4.78 is 5.27. The Kier molecular flexibility index (Phi) is 4.71. The minimum absolute atomic E-state index is 0.698. The fraction of sp³-hybridized carbons (Fsp3) is 0.263. The van der Waals surface area contributed by atoms with Gasteiger partial charge in [-0.05, 0) is 36.2 Å². The van der Waals surface area contributed by atoms with E-state index < -0.39 is 0 Å². The molecule has 2 aromatic carbocycles. The first-order valence-corrected chi connectivity index (χ1v) is 7.92. The summed E-state index contributed by atoms with van der Waals surface area (Å²) in [6, 6.07) is 16.2. The van der Waals surface area contributed by atoms with Crippen LogP contribution in [-0.4, -0.2) is 17.1 Å². The number of rotatable bonds is 6. The minimum atomic E-state index is 0.698. The Hall–Kier alpha value is -2.62. The van der Waals surface area contributed by atoms with Gasteiger partial charge in [0.05, 0.1) is 12.6 Å². The number of nitrogens with one attached hydrogen (secondary N) is 1. The van der Waals surface area contributed by atoms with Crippen LogP contribution in [0, 0.1) is 0 Å². The molecule has 1 N–H and O–H groups in total. The van der Waals surface area contributed by atoms with Crippen LogP contribution in [0.1, 0.15) is 24.7 Å². The average Bonchev–Trinajstić information content (AvgIpc) is 2.60. The topological polar surface area (TPSA) is 47.0 Å². The quantitative estimate of drug-likeness (QED) is 0.741. The maximum absolute atomic E-state index is 5.27. The molecule has 0 spiro atoms. The summed E-state index contributed by atoms with van der Waals surface area (Å²) in [5.41, 5.74) is 2.14. The Morgan fingerprint density at radius 1 is 1.04 bits per heavy atom. The first-order valence-electron chi connectivity index (χ1n) is 7.92. The Balaban J connectivity index is 1.88. The zero-order valence-electron chi connectivity index (χ0n) is 13.5. The normalized spacial score (nSPS) is 10.7. The van der Waals surface area contributed by atoms with E-state index >= 15 is 0 Å². The number of fused-ring (bicyclic) bond motifs is 1. The summed E-state index contributed by atoms with van der Waals surface area (Å²) in [5, 5.41) is 4.50. The second-order valence-corrected chi connectivity index (χ2v) is 5.46. The van der Waals surface area contributed by atoms with Gasteiger partial charge < -0.3 is 10.1 Å². The van der Waals surface area contributed by atoms with Gasteiger partial charge in [0.25, 0.3) is 0 Å². The van der Waals surface area contributed by atoms with Crippen LogP contribution >= 0.6 is 0 Å². The molecular formula is C19H21N3O. The number of para-hydroxylation sites is 1. The van der Waals surface area contributed by atoms with E-state index in [-0.39, 0.29) is 0 Å². The van der Waals surface area contributed by atoms with Gasteiger partial charge in [-0.3, -0.25) is 0 Å². The van der Waals surface area contributed by atoms with Crippen molar-refractivity contribution in [3.63, 3.8) is 0 Å². The molecule has 4 heteroatoms. The number of hydrogen-bond donors (Lipinski definition) is 1. The van der Waals surface area contributed by atoms with Gasteiger partial charge in [0.2, 0.25) is 0 Å². The number of ether oxygens (including phenoxy) is 1. The fourth-order valence-electron chi connectivity index (χ4n) is 2.56. The molecule has 23 heavy (non-hydrogen) atoms. The van der Waals surface area contributed by atoms with Gasteiger partial charge in [-0.15, -0.1) is 0 Å². The van der Waals surface area contributed by atoms with E-state index in [9.17, 15) is 0 Å². The van der Waals surface area contributed by atoms with Gasteiger partial charge in [-0.2, -0.15) is 0 Å². The van der Waals surface area contributed by atoms with Crippen LogP contribution in [-0.2, 0) is 13.0 Å². The predicted molar refractivity (Wildman–Crippen MR) is 93.9 cm³/mol. The maximum atomic E-state index is 5.27. The van der Waals surface area contributed by atoms with Crippen LogP contribution in [0.15, 0.2) is 48.5 Å². The van der Waals surface area contributed by atoms with Gasteiger partial charge >= 0.3 is 0 Å². The molecule has 0 unspecified atom stereocenters. The number of nitrogens with zero attached hydrogens (tertiary/aromatic N) is 2. The Bertz CT molecular complexity index is 801. The van der Waals surface area contributed by atoms with Crippen molar-refractivity contribution in [1.29, 1.82) is 0 Å². The van der Waals surface area contributed by atoms with Crippen LogP contribution in [0.25, 0.3) is 10.9 Å². The second kappa shape index (κ2) is 7.09. The number of anilines is 1. The molecule has 3 aromatic rings. The van der Waals surface area contributed by atoms with Crippen molar-refractivity contribution in [2.45, 2.75) is 26.3 Å². The summed E-state index contributed by atoms with van der Waals surface area (Å²) in [4.78, 5) is 9.33. The lowest BCUT2D eigenvalue weighted by Crippen LogP contribution is -2.05. The largest absolute Gasteiger partial charge is 0.497 e. The highest BCUT2D eigenvalue weighted by Gasteiger charge is 2.07. The number of aromatic nitrogens is 2. The standard InChI is InChI=1S/C19H21N3O/c1-3-7-18-21-17-11-5-4-10-16(17)19(22-18)20-13-14-8-6-9-15(12-14)23-2/h4-6,8-12H,3,7,13H2,1-2H3,(H,20,21,22). The second-order valence-electron chi connectivity index (χ2n) is 5.46. The lowest BCUT2D eigenvalue weighted by atomic mass is 10.2. The zero-order valence-corrected chi connectivity index (χ0v) is 13.5. The van der Waals surface area contributed by atoms with E-state index in [1.807, 2.05) is 36.4 Å². The third-order valence-corrected chi connectivity index (χ3v) is 3.72. The van der Waals surface area contributed by atoms with E-state index in [1.165, 1.54) is 0 Å². The zero-order chi connectivity index (χ0) is 16.1. The number of methoxy groups -OCH3 is 1. The first-order chi connectivity index (χ1) is 11.3. The SMILES string of the molecule is CCCc1nc(NCc2cccc(OC)c2)c2ccccc2n1. The van der Waals surface area contributed by atoms with Crippen molar-refractivity contribution in [3.8, 4) is 5.75 Å². The highest BCUT2D eigenvalue weighted by atomic mass is 16.5. The molecule has 118 valence electrons. The molecule has 0 radical (unpaired) electrons. The third-order valence-electron chi connectivity index (χ3n) is 3.72. The smallest absolute Gasteiger partial charge is 0.137 e. The van der Waals surface area contributed by atoms with E-state index in [1.54, 1.807) is 7.11 Å². The Morgan fingerprint density at radius 3 is 2.74 bits per heavy atom. The van der Waals surface area contributed by atoms with E-state index in [0.29, 0.717) is 6.54 Å². The molecule has 1 aromatic heterocycles. The van der Waals surface area contributed by atoms with Crippen LogP contribution in [0.5, 0.6) is 5.75 Å². The van der Waals surface area contributed by atoms with Gasteiger partial charge in [0.1, 0.15) is 17.4 Å². The summed E-state index contributed by atoms with van der Waals surface area (Å²) in [7, 11) is 1.68. The van der Waals surface area contributed by atoms with E-state index in [4.69, 9.17) is 9.72 Å². The number of hydrogen-bond acceptors (Lipinski definition) is 4. The number of benzene rings is 2. The number of aryl methyl sites for hydroxylation is 1. The van der Waals surface area contributed by atoms with Crippen molar-refractivity contribution in [2.24, 2.45) is 0 Å².